The Labute approximate surface area is 95.6 Å². The summed E-state index contributed by atoms with van der Waals surface area (Å²) < 4.78 is 5.90. The highest BCUT2D eigenvalue weighted by molar-refractivity contribution is 5.37. The van der Waals surface area contributed by atoms with Crippen LogP contribution >= 0.6 is 0 Å². The molecular formula is C12H17N3O. The van der Waals surface area contributed by atoms with Crippen molar-refractivity contribution in [3.8, 4) is 0 Å². The van der Waals surface area contributed by atoms with Gasteiger partial charge in [-0.05, 0) is 37.8 Å². The molecule has 0 aliphatic carbocycles. The molecule has 1 spiro atoms. The van der Waals surface area contributed by atoms with E-state index < -0.39 is 0 Å². The second-order valence-corrected chi connectivity index (χ2v) is 4.70. The molecule has 0 aromatic carbocycles. The van der Waals surface area contributed by atoms with E-state index in [0.717, 1.165) is 38.4 Å². The van der Waals surface area contributed by atoms with Gasteiger partial charge in [-0.15, -0.1) is 5.10 Å². The van der Waals surface area contributed by atoms with Crippen LogP contribution in [-0.2, 0) is 4.74 Å². The quantitative estimate of drug-likeness (QED) is 0.719. The van der Waals surface area contributed by atoms with E-state index in [-0.39, 0.29) is 5.60 Å². The number of hydrogen-bond acceptors (Lipinski definition) is 4. The van der Waals surface area contributed by atoms with Crippen LogP contribution in [0.4, 0.5) is 5.82 Å². The summed E-state index contributed by atoms with van der Waals surface area (Å²) in [5, 5.41) is 8.08. The number of aromatic nitrogens is 2. The van der Waals surface area contributed by atoms with Crippen LogP contribution < -0.4 is 4.90 Å². The lowest BCUT2D eigenvalue weighted by atomic mass is 9.89. The molecule has 2 aliphatic heterocycles. The molecule has 3 rings (SSSR count). The van der Waals surface area contributed by atoms with E-state index in [4.69, 9.17) is 4.74 Å². The SMILES string of the molecule is c1cnnc(N2CCC3(CCCO3)CC2)c1. The van der Waals surface area contributed by atoms with Gasteiger partial charge >= 0.3 is 0 Å². The lowest BCUT2D eigenvalue weighted by Crippen LogP contribution is -2.44. The summed E-state index contributed by atoms with van der Waals surface area (Å²) in [6.45, 7) is 3.03. The highest BCUT2D eigenvalue weighted by Crippen LogP contribution is 2.36. The molecule has 1 aromatic rings. The highest BCUT2D eigenvalue weighted by Gasteiger charge is 2.38. The predicted octanol–water partition coefficient (Wildman–Crippen LogP) is 1.63. The molecule has 4 heteroatoms. The maximum Gasteiger partial charge on any atom is 0.151 e. The molecule has 2 fully saturated rings. The van der Waals surface area contributed by atoms with Crippen molar-refractivity contribution in [3.05, 3.63) is 18.3 Å². The molecule has 0 bridgehead atoms. The van der Waals surface area contributed by atoms with Gasteiger partial charge in [-0.3, -0.25) is 0 Å². The molecular weight excluding hydrogens is 202 g/mol. The van der Waals surface area contributed by atoms with Gasteiger partial charge in [-0.2, -0.15) is 5.10 Å². The van der Waals surface area contributed by atoms with E-state index in [1.807, 2.05) is 12.1 Å². The lowest BCUT2D eigenvalue weighted by Gasteiger charge is -2.38. The molecule has 4 nitrogen and oxygen atoms in total. The van der Waals surface area contributed by atoms with Gasteiger partial charge in [0.15, 0.2) is 5.82 Å². The third-order valence-corrected chi connectivity index (χ3v) is 3.74. The minimum Gasteiger partial charge on any atom is -0.375 e. The molecule has 2 aliphatic rings. The molecule has 0 N–H and O–H groups in total. The number of nitrogens with zero attached hydrogens (tertiary/aromatic N) is 3. The van der Waals surface area contributed by atoms with Gasteiger partial charge in [0.05, 0.1) is 5.60 Å². The van der Waals surface area contributed by atoms with Gasteiger partial charge in [0.25, 0.3) is 0 Å². The van der Waals surface area contributed by atoms with Crippen LogP contribution in [0.3, 0.4) is 0 Å². The Bertz CT molecular complexity index is 339. The summed E-state index contributed by atoms with van der Waals surface area (Å²) in [7, 11) is 0. The average Bonchev–Trinajstić information content (AvgIpc) is 2.80. The zero-order valence-corrected chi connectivity index (χ0v) is 9.43. The Morgan fingerprint density at radius 3 is 2.75 bits per heavy atom. The maximum atomic E-state index is 5.90. The number of hydrogen-bond donors (Lipinski definition) is 0. The van der Waals surface area contributed by atoms with Crippen molar-refractivity contribution < 1.29 is 4.74 Å². The summed E-state index contributed by atoms with van der Waals surface area (Å²) in [5.41, 5.74) is 0.193. The van der Waals surface area contributed by atoms with Crippen LogP contribution in [-0.4, -0.2) is 35.5 Å². The van der Waals surface area contributed by atoms with Crippen molar-refractivity contribution >= 4 is 5.82 Å². The lowest BCUT2D eigenvalue weighted by molar-refractivity contribution is -0.0147. The Balaban J connectivity index is 1.66. The van der Waals surface area contributed by atoms with E-state index >= 15 is 0 Å². The van der Waals surface area contributed by atoms with Crippen molar-refractivity contribution in [3.63, 3.8) is 0 Å². The third-order valence-electron chi connectivity index (χ3n) is 3.74. The Morgan fingerprint density at radius 1 is 1.25 bits per heavy atom. The topological polar surface area (TPSA) is 38.2 Å². The molecule has 1 aromatic heterocycles. The summed E-state index contributed by atoms with van der Waals surface area (Å²) >= 11 is 0. The van der Waals surface area contributed by atoms with Gasteiger partial charge in [0.2, 0.25) is 0 Å². The minimum absolute atomic E-state index is 0.193. The normalized spacial score (nSPS) is 23.9. The van der Waals surface area contributed by atoms with Gasteiger partial charge < -0.3 is 9.64 Å². The summed E-state index contributed by atoms with van der Waals surface area (Å²) in [4.78, 5) is 2.31. The molecule has 2 saturated heterocycles. The largest absolute Gasteiger partial charge is 0.375 e. The molecule has 0 atom stereocenters. The number of piperidine rings is 1. The molecule has 0 radical (unpaired) electrons. The highest BCUT2D eigenvalue weighted by atomic mass is 16.5. The number of ether oxygens (including phenoxy) is 1. The van der Waals surface area contributed by atoms with Crippen molar-refractivity contribution in [1.82, 2.24) is 10.2 Å². The van der Waals surface area contributed by atoms with Crippen LogP contribution in [0.1, 0.15) is 25.7 Å². The zero-order chi connectivity index (χ0) is 10.8. The van der Waals surface area contributed by atoms with Gasteiger partial charge in [0.1, 0.15) is 0 Å². The predicted molar refractivity (Wildman–Crippen MR) is 61.4 cm³/mol. The first-order chi connectivity index (χ1) is 7.88. The standard InChI is InChI=1S/C12H17N3O/c1-3-11(14-13-7-1)15-8-5-12(6-9-15)4-2-10-16-12/h1,3,7H,2,4-6,8-10H2. The zero-order valence-electron chi connectivity index (χ0n) is 9.43. The van der Waals surface area contributed by atoms with E-state index in [1.54, 1.807) is 6.20 Å². The maximum absolute atomic E-state index is 5.90. The fourth-order valence-electron chi connectivity index (χ4n) is 2.75. The van der Waals surface area contributed by atoms with E-state index in [1.165, 1.54) is 12.8 Å². The number of anilines is 1. The third kappa shape index (κ3) is 1.78. The Kier molecular flexibility index (Phi) is 2.52. The van der Waals surface area contributed by atoms with Gasteiger partial charge in [-0.1, -0.05) is 0 Å². The summed E-state index contributed by atoms with van der Waals surface area (Å²) in [5.74, 6) is 0.996. The van der Waals surface area contributed by atoms with Crippen molar-refractivity contribution in [1.29, 1.82) is 0 Å². The molecule has 0 unspecified atom stereocenters. The second-order valence-electron chi connectivity index (χ2n) is 4.70. The monoisotopic (exact) mass is 219 g/mol. The first-order valence-corrected chi connectivity index (χ1v) is 6.05. The van der Waals surface area contributed by atoms with Crippen molar-refractivity contribution in [2.75, 3.05) is 24.6 Å². The molecule has 0 amide bonds. The van der Waals surface area contributed by atoms with Gasteiger partial charge in [0, 0.05) is 25.9 Å². The molecule has 3 heterocycles. The van der Waals surface area contributed by atoms with Crippen molar-refractivity contribution in [2.24, 2.45) is 0 Å². The van der Waals surface area contributed by atoms with Crippen molar-refractivity contribution in [2.45, 2.75) is 31.3 Å². The van der Waals surface area contributed by atoms with Crippen LogP contribution in [0.5, 0.6) is 0 Å². The minimum atomic E-state index is 0.193. The summed E-state index contributed by atoms with van der Waals surface area (Å²) in [6, 6.07) is 3.97. The van der Waals surface area contributed by atoms with E-state index in [9.17, 15) is 0 Å². The fraction of sp³-hybridized carbons (Fsp3) is 0.667. The van der Waals surface area contributed by atoms with Crippen LogP contribution in [0, 0.1) is 0 Å². The molecule has 0 saturated carbocycles. The fourth-order valence-corrected chi connectivity index (χ4v) is 2.75. The van der Waals surface area contributed by atoms with Crippen LogP contribution in [0.15, 0.2) is 18.3 Å². The average molecular weight is 219 g/mol. The first-order valence-electron chi connectivity index (χ1n) is 6.05. The number of rotatable bonds is 1. The van der Waals surface area contributed by atoms with E-state index in [2.05, 4.69) is 15.1 Å². The van der Waals surface area contributed by atoms with E-state index in [0.29, 0.717) is 0 Å². The van der Waals surface area contributed by atoms with Gasteiger partial charge in [-0.25, -0.2) is 0 Å². The van der Waals surface area contributed by atoms with Crippen LogP contribution in [0.25, 0.3) is 0 Å². The second kappa shape index (κ2) is 4.01. The molecule has 86 valence electrons. The Hall–Kier alpha value is -1.16. The van der Waals surface area contributed by atoms with Crippen LogP contribution in [0.2, 0.25) is 0 Å². The first kappa shape index (κ1) is 10.0. The Morgan fingerprint density at radius 2 is 2.12 bits per heavy atom. The smallest absolute Gasteiger partial charge is 0.151 e. The summed E-state index contributed by atoms with van der Waals surface area (Å²) in [6.07, 6.45) is 6.44. The molecule has 16 heavy (non-hydrogen) atoms.